The maximum atomic E-state index is 11.9. The third kappa shape index (κ3) is 6.27. The summed E-state index contributed by atoms with van der Waals surface area (Å²) in [5.74, 6) is -1.99. The van der Waals surface area contributed by atoms with Crippen molar-refractivity contribution in [2.45, 2.75) is 39.5 Å². The summed E-state index contributed by atoms with van der Waals surface area (Å²) in [6.45, 7) is 7.16. The Balaban J connectivity index is 0.000000178. The molecule has 2 heterocycles. The van der Waals surface area contributed by atoms with E-state index in [0.29, 0.717) is 0 Å². The molecule has 2 atom stereocenters. The monoisotopic (exact) mass is 600 g/mol. The minimum absolute atomic E-state index is 0.203. The third-order valence-electron chi connectivity index (χ3n) is 8.96. The molecular weight excluding hydrogens is 560 g/mol. The highest BCUT2D eigenvalue weighted by Crippen LogP contribution is 2.43. The lowest BCUT2D eigenvalue weighted by Crippen LogP contribution is -2.32. The first kappa shape index (κ1) is 31.3. The molecule has 45 heavy (non-hydrogen) atoms. The van der Waals surface area contributed by atoms with Gasteiger partial charge in [-0.25, -0.2) is 0 Å². The molecule has 6 nitrogen and oxygen atoms in total. The first-order valence-corrected chi connectivity index (χ1v) is 15.1. The predicted octanol–water partition coefficient (Wildman–Crippen LogP) is 8.83. The van der Waals surface area contributed by atoms with Crippen LogP contribution in [0.4, 0.5) is 0 Å². The largest absolute Gasteiger partial charge is 0.481 e. The molecule has 230 valence electrons. The second-order valence-electron chi connectivity index (χ2n) is 12.8. The van der Waals surface area contributed by atoms with Crippen LogP contribution in [0.2, 0.25) is 0 Å². The molecule has 0 amide bonds. The van der Waals surface area contributed by atoms with Crippen molar-refractivity contribution in [1.29, 1.82) is 0 Å². The van der Waals surface area contributed by atoms with Gasteiger partial charge in [-0.1, -0.05) is 72.8 Å². The molecule has 0 spiro atoms. The van der Waals surface area contributed by atoms with Crippen LogP contribution in [-0.4, -0.2) is 31.7 Å². The molecule has 0 saturated carbocycles. The summed E-state index contributed by atoms with van der Waals surface area (Å²) in [5.41, 5.74) is 4.50. The van der Waals surface area contributed by atoms with Crippen molar-refractivity contribution in [3.8, 4) is 0 Å². The highest BCUT2D eigenvalue weighted by atomic mass is 16.4. The topological polar surface area (TPSA) is 95.3 Å². The Kier molecular flexibility index (Phi) is 8.69. The van der Waals surface area contributed by atoms with Gasteiger partial charge >= 0.3 is 11.9 Å². The van der Waals surface area contributed by atoms with Crippen LogP contribution in [0.5, 0.6) is 0 Å². The lowest BCUT2D eigenvalue weighted by molar-refractivity contribution is -0.148. The van der Waals surface area contributed by atoms with E-state index in [4.69, 9.17) is 0 Å². The Labute approximate surface area is 264 Å². The molecular formula is C39H40N2O4. The number of aliphatic carboxylic acids is 2. The number of rotatable bonds is 8. The number of carboxylic acids is 2. The van der Waals surface area contributed by atoms with Crippen molar-refractivity contribution in [1.82, 2.24) is 9.55 Å². The quantitative estimate of drug-likeness (QED) is 0.163. The molecule has 0 fully saturated rings. The van der Waals surface area contributed by atoms with E-state index in [1.807, 2.05) is 104 Å². The average Bonchev–Trinajstić information content (AvgIpc) is 3.64. The molecule has 0 aliphatic rings. The number of fused-ring (bicyclic) bond motifs is 2. The molecule has 2 unspecified atom stereocenters. The number of nitrogens with one attached hydrogen (secondary N) is 1. The summed E-state index contributed by atoms with van der Waals surface area (Å²) in [7, 11) is 2.01. The van der Waals surface area contributed by atoms with Gasteiger partial charge in [-0.05, 0) is 97.1 Å². The van der Waals surface area contributed by atoms with Gasteiger partial charge in [-0.2, -0.15) is 0 Å². The van der Waals surface area contributed by atoms with Gasteiger partial charge in [0, 0.05) is 42.3 Å². The van der Waals surface area contributed by atoms with Gasteiger partial charge in [0.05, 0.1) is 10.8 Å². The molecule has 4 aromatic carbocycles. The van der Waals surface area contributed by atoms with Gasteiger partial charge in [0.15, 0.2) is 0 Å². The molecule has 6 heteroatoms. The van der Waals surface area contributed by atoms with Crippen LogP contribution in [0.1, 0.15) is 61.8 Å². The van der Waals surface area contributed by atoms with E-state index in [9.17, 15) is 19.8 Å². The van der Waals surface area contributed by atoms with Crippen LogP contribution < -0.4 is 0 Å². The number of aryl methyl sites for hydroxylation is 1. The fraction of sp³-hybridized carbons (Fsp3) is 0.231. The van der Waals surface area contributed by atoms with Crippen molar-refractivity contribution < 1.29 is 19.8 Å². The Bertz CT molecular complexity index is 1930. The Hall–Kier alpha value is -5.10. The molecule has 0 bridgehead atoms. The Morgan fingerprint density at radius 2 is 1.11 bits per heavy atom. The van der Waals surface area contributed by atoms with Crippen molar-refractivity contribution in [3.63, 3.8) is 0 Å². The molecule has 0 saturated heterocycles. The smallest absolute Gasteiger partial charge is 0.310 e. The zero-order valence-corrected chi connectivity index (χ0v) is 26.4. The van der Waals surface area contributed by atoms with Crippen LogP contribution in [0.3, 0.4) is 0 Å². The van der Waals surface area contributed by atoms with E-state index in [2.05, 4.69) is 33.8 Å². The molecule has 6 aromatic rings. The number of nitrogens with zero attached hydrogens (tertiary/aromatic N) is 1. The summed E-state index contributed by atoms with van der Waals surface area (Å²) >= 11 is 0. The molecule has 0 aliphatic heterocycles. The second-order valence-corrected chi connectivity index (χ2v) is 12.8. The number of carboxylic acid groups (broad SMARTS) is 2. The van der Waals surface area contributed by atoms with E-state index in [1.165, 1.54) is 0 Å². The van der Waals surface area contributed by atoms with E-state index >= 15 is 0 Å². The van der Waals surface area contributed by atoms with Crippen LogP contribution >= 0.6 is 0 Å². The van der Waals surface area contributed by atoms with Crippen molar-refractivity contribution in [2.75, 3.05) is 0 Å². The third-order valence-corrected chi connectivity index (χ3v) is 8.96. The molecule has 6 rings (SSSR count). The lowest BCUT2D eigenvalue weighted by atomic mass is 9.71. The van der Waals surface area contributed by atoms with Gasteiger partial charge < -0.3 is 19.8 Å². The van der Waals surface area contributed by atoms with E-state index in [-0.39, 0.29) is 11.8 Å². The summed E-state index contributed by atoms with van der Waals surface area (Å²) in [4.78, 5) is 26.9. The first-order chi connectivity index (χ1) is 21.4. The van der Waals surface area contributed by atoms with Gasteiger partial charge in [0.2, 0.25) is 0 Å². The van der Waals surface area contributed by atoms with Gasteiger partial charge in [-0.15, -0.1) is 0 Å². The minimum Gasteiger partial charge on any atom is -0.481 e. The van der Waals surface area contributed by atoms with Crippen LogP contribution in [-0.2, 0) is 16.6 Å². The molecule has 3 N–H and O–H groups in total. The van der Waals surface area contributed by atoms with Crippen molar-refractivity contribution >= 4 is 33.7 Å². The second kappa shape index (κ2) is 12.5. The summed E-state index contributed by atoms with van der Waals surface area (Å²) < 4.78 is 2.07. The minimum atomic E-state index is -0.899. The fourth-order valence-electron chi connectivity index (χ4n) is 6.32. The standard InChI is InChI=1S/C20H21NO2.C19H19NO2/c1-20(2,19(22)23)18(14-7-5-4-6-8-14)16-9-10-17-15(13-16)11-12-21(17)3;1-19(2,18(21)22)17(13-6-4-3-5-7-13)15-8-9-16-14(12-15)10-11-20-16/h4-13,18H,1-3H3,(H,22,23);3-12,17,20H,1-2H3,(H,21,22). The summed E-state index contributed by atoms with van der Waals surface area (Å²) in [5, 5.41) is 21.7. The zero-order chi connectivity index (χ0) is 32.4. The number of aromatic nitrogens is 2. The molecule has 0 aliphatic carbocycles. The predicted molar refractivity (Wildman–Crippen MR) is 181 cm³/mol. The summed E-state index contributed by atoms with van der Waals surface area (Å²) in [6.07, 6.45) is 3.92. The number of aromatic amines is 1. The SMILES string of the molecule is CC(C)(C(=O)O)C(c1ccccc1)c1ccc2[nH]ccc2c1.Cn1ccc2cc(C(c3ccccc3)C(C)(C)C(=O)O)ccc21. The van der Waals surface area contributed by atoms with Crippen LogP contribution in [0.15, 0.2) is 122 Å². The maximum Gasteiger partial charge on any atom is 0.310 e. The lowest BCUT2D eigenvalue weighted by Gasteiger charge is -2.31. The highest BCUT2D eigenvalue weighted by Gasteiger charge is 2.40. The van der Waals surface area contributed by atoms with Gasteiger partial charge in [-0.3, -0.25) is 9.59 Å². The Morgan fingerprint density at radius 3 is 1.62 bits per heavy atom. The highest BCUT2D eigenvalue weighted by molar-refractivity contribution is 5.83. The first-order valence-electron chi connectivity index (χ1n) is 15.1. The zero-order valence-electron chi connectivity index (χ0n) is 26.4. The normalized spacial score (nSPS) is 13.2. The van der Waals surface area contributed by atoms with Crippen molar-refractivity contribution in [2.24, 2.45) is 17.9 Å². The average molecular weight is 601 g/mol. The molecule has 0 radical (unpaired) electrons. The van der Waals surface area contributed by atoms with Crippen LogP contribution in [0.25, 0.3) is 21.8 Å². The van der Waals surface area contributed by atoms with Gasteiger partial charge in [0.25, 0.3) is 0 Å². The van der Waals surface area contributed by atoms with Crippen molar-refractivity contribution in [3.05, 3.63) is 144 Å². The number of carbonyl (C=O) groups is 2. The number of hydrogen-bond acceptors (Lipinski definition) is 2. The number of H-pyrrole nitrogens is 1. The number of hydrogen-bond donors (Lipinski definition) is 3. The van der Waals surface area contributed by atoms with Crippen LogP contribution in [0, 0.1) is 10.8 Å². The van der Waals surface area contributed by atoms with E-state index in [0.717, 1.165) is 44.1 Å². The summed E-state index contributed by atoms with van der Waals surface area (Å²) in [6, 6.07) is 36.1. The Morgan fingerprint density at radius 1 is 0.622 bits per heavy atom. The molecule has 2 aromatic heterocycles. The van der Waals surface area contributed by atoms with E-state index < -0.39 is 22.8 Å². The van der Waals surface area contributed by atoms with Gasteiger partial charge in [0.1, 0.15) is 0 Å². The number of benzene rings is 4. The fourth-order valence-corrected chi connectivity index (χ4v) is 6.32. The maximum absolute atomic E-state index is 11.9. The van der Waals surface area contributed by atoms with E-state index in [1.54, 1.807) is 27.7 Å².